The lowest BCUT2D eigenvalue weighted by Crippen LogP contribution is -2.14. The molecule has 164 valence electrons. The molecule has 0 aliphatic carbocycles. The average Bonchev–Trinajstić information content (AvgIpc) is 3.31. The van der Waals surface area contributed by atoms with E-state index in [4.69, 9.17) is 0 Å². The predicted octanol–water partition coefficient (Wildman–Crippen LogP) is 5.97. The van der Waals surface area contributed by atoms with Crippen LogP contribution < -0.4 is 5.32 Å². The molecule has 0 saturated heterocycles. The maximum absolute atomic E-state index is 14.6. The highest BCUT2D eigenvalue weighted by Crippen LogP contribution is 2.32. The predicted molar refractivity (Wildman–Crippen MR) is 126 cm³/mol. The molecule has 0 spiro atoms. The van der Waals surface area contributed by atoms with Gasteiger partial charge in [-0.25, -0.2) is 9.37 Å². The third-order valence-electron chi connectivity index (χ3n) is 5.02. The SMILES string of the molecule is Cc1cc(C)nc(-c2nc(NC(=O)c3cnn(C(C)C)c3-c3ccccc3F)sc2C)c1. The number of aryl methyl sites for hydroxylation is 3. The van der Waals surface area contributed by atoms with Gasteiger partial charge in [0.05, 0.1) is 23.1 Å². The number of hydrogen-bond donors (Lipinski definition) is 1. The fourth-order valence-electron chi connectivity index (χ4n) is 3.66. The van der Waals surface area contributed by atoms with Crippen molar-refractivity contribution in [3.05, 3.63) is 70.1 Å². The van der Waals surface area contributed by atoms with Crippen molar-refractivity contribution in [3.8, 4) is 22.6 Å². The molecule has 4 aromatic rings. The molecule has 0 aliphatic rings. The number of pyridine rings is 1. The Balaban J connectivity index is 1.70. The molecule has 0 unspecified atom stereocenters. The van der Waals surface area contributed by atoms with Gasteiger partial charge in [-0.1, -0.05) is 12.1 Å². The average molecular weight is 450 g/mol. The number of carbonyl (C=O) groups is 1. The zero-order valence-electron chi connectivity index (χ0n) is 18.6. The molecule has 3 aromatic heterocycles. The number of anilines is 1. The second kappa shape index (κ2) is 8.63. The molecule has 3 heterocycles. The third-order valence-corrected chi connectivity index (χ3v) is 5.90. The lowest BCUT2D eigenvalue weighted by atomic mass is 10.1. The first-order valence-corrected chi connectivity index (χ1v) is 11.1. The van der Waals surface area contributed by atoms with Crippen LogP contribution >= 0.6 is 11.3 Å². The van der Waals surface area contributed by atoms with Crippen LogP contribution in [0, 0.1) is 26.6 Å². The highest BCUT2D eigenvalue weighted by Gasteiger charge is 2.24. The number of rotatable bonds is 5. The van der Waals surface area contributed by atoms with E-state index in [2.05, 4.69) is 20.4 Å². The van der Waals surface area contributed by atoms with Crippen LogP contribution in [0.4, 0.5) is 9.52 Å². The number of nitrogens with zero attached hydrogens (tertiary/aromatic N) is 4. The Bertz CT molecular complexity index is 1290. The number of nitrogens with one attached hydrogen (secondary N) is 1. The Labute approximate surface area is 190 Å². The number of hydrogen-bond acceptors (Lipinski definition) is 5. The van der Waals surface area contributed by atoms with Crippen LogP contribution in [-0.2, 0) is 0 Å². The van der Waals surface area contributed by atoms with Crippen molar-refractivity contribution in [3.63, 3.8) is 0 Å². The maximum atomic E-state index is 14.6. The Morgan fingerprint density at radius 1 is 1.12 bits per heavy atom. The van der Waals surface area contributed by atoms with E-state index in [1.54, 1.807) is 22.9 Å². The molecule has 1 N–H and O–H groups in total. The van der Waals surface area contributed by atoms with E-state index in [1.165, 1.54) is 23.6 Å². The van der Waals surface area contributed by atoms with Gasteiger partial charge in [-0.05, 0) is 64.4 Å². The Morgan fingerprint density at radius 3 is 2.56 bits per heavy atom. The third kappa shape index (κ3) is 4.18. The highest BCUT2D eigenvalue weighted by molar-refractivity contribution is 7.16. The molecule has 32 heavy (non-hydrogen) atoms. The van der Waals surface area contributed by atoms with Crippen molar-refractivity contribution in [1.82, 2.24) is 19.7 Å². The zero-order chi connectivity index (χ0) is 23.0. The lowest BCUT2D eigenvalue weighted by molar-refractivity contribution is 0.102. The summed E-state index contributed by atoms with van der Waals surface area (Å²) in [4.78, 5) is 23.3. The number of benzene rings is 1. The van der Waals surface area contributed by atoms with Crippen molar-refractivity contribution in [2.75, 3.05) is 5.32 Å². The van der Waals surface area contributed by atoms with Gasteiger partial charge in [0.1, 0.15) is 11.5 Å². The second-order valence-electron chi connectivity index (χ2n) is 7.97. The van der Waals surface area contributed by atoms with Gasteiger partial charge in [0.15, 0.2) is 5.13 Å². The van der Waals surface area contributed by atoms with Gasteiger partial charge in [0, 0.05) is 22.2 Å². The number of halogens is 1. The minimum atomic E-state index is -0.405. The van der Waals surface area contributed by atoms with Crippen LogP contribution in [0.15, 0.2) is 42.6 Å². The van der Waals surface area contributed by atoms with E-state index in [0.29, 0.717) is 22.0 Å². The molecule has 1 amide bonds. The summed E-state index contributed by atoms with van der Waals surface area (Å²) < 4.78 is 16.2. The van der Waals surface area contributed by atoms with E-state index in [0.717, 1.165) is 27.5 Å². The van der Waals surface area contributed by atoms with E-state index >= 15 is 0 Å². The van der Waals surface area contributed by atoms with Crippen molar-refractivity contribution >= 4 is 22.4 Å². The topological polar surface area (TPSA) is 72.7 Å². The molecule has 0 saturated carbocycles. The summed E-state index contributed by atoms with van der Waals surface area (Å²) in [5.74, 6) is -0.791. The fraction of sp³-hybridized carbons (Fsp3) is 0.250. The summed E-state index contributed by atoms with van der Waals surface area (Å²) in [5, 5.41) is 7.67. The van der Waals surface area contributed by atoms with E-state index < -0.39 is 5.82 Å². The molecule has 1 aromatic carbocycles. The first-order chi connectivity index (χ1) is 15.2. The van der Waals surface area contributed by atoms with Gasteiger partial charge in [-0.3, -0.25) is 19.8 Å². The van der Waals surface area contributed by atoms with Crippen molar-refractivity contribution < 1.29 is 9.18 Å². The molecular weight excluding hydrogens is 425 g/mol. The molecule has 0 radical (unpaired) electrons. The first kappa shape index (κ1) is 21.8. The van der Waals surface area contributed by atoms with Crippen LogP contribution in [-0.4, -0.2) is 25.7 Å². The quantitative estimate of drug-likeness (QED) is 0.408. The van der Waals surface area contributed by atoms with E-state index in [1.807, 2.05) is 46.8 Å². The van der Waals surface area contributed by atoms with Gasteiger partial charge in [0.25, 0.3) is 5.91 Å². The van der Waals surface area contributed by atoms with Gasteiger partial charge >= 0.3 is 0 Å². The summed E-state index contributed by atoms with van der Waals surface area (Å²) in [6.07, 6.45) is 1.48. The van der Waals surface area contributed by atoms with Crippen LogP contribution in [0.3, 0.4) is 0 Å². The van der Waals surface area contributed by atoms with Crippen molar-refractivity contribution in [2.45, 2.75) is 40.7 Å². The molecule has 0 bridgehead atoms. The number of amides is 1. The maximum Gasteiger partial charge on any atom is 0.261 e. The smallest absolute Gasteiger partial charge is 0.261 e. The van der Waals surface area contributed by atoms with Gasteiger partial charge in [-0.2, -0.15) is 5.10 Å². The normalized spacial score (nSPS) is 11.2. The molecular formula is C24H24FN5OS. The second-order valence-corrected chi connectivity index (χ2v) is 9.18. The van der Waals surface area contributed by atoms with E-state index in [9.17, 15) is 9.18 Å². The molecule has 0 atom stereocenters. The number of carbonyl (C=O) groups excluding carboxylic acids is 1. The fourth-order valence-corrected chi connectivity index (χ4v) is 4.47. The Morgan fingerprint density at radius 2 is 1.88 bits per heavy atom. The molecule has 0 fully saturated rings. The van der Waals surface area contributed by atoms with Gasteiger partial charge < -0.3 is 0 Å². The summed E-state index contributed by atoms with van der Waals surface area (Å²) in [6, 6.07) is 10.3. The van der Waals surface area contributed by atoms with Gasteiger partial charge in [-0.15, -0.1) is 11.3 Å². The zero-order valence-corrected chi connectivity index (χ0v) is 19.4. The van der Waals surface area contributed by atoms with Crippen molar-refractivity contribution in [2.24, 2.45) is 0 Å². The molecule has 8 heteroatoms. The van der Waals surface area contributed by atoms with Crippen LogP contribution in [0.5, 0.6) is 0 Å². The molecule has 0 aliphatic heterocycles. The Hall–Kier alpha value is -3.39. The molecule has 4 rings (SSSR count). The summed E-state index contributed by atoms with van der Waals surface area (Å²) in [5.41, 5.74) is 4.59. The largest absolute Gasteiger partial charge is 0.298 e. The van der Waals surface area contributed by atoms with Gasteiger partial charge in [0.2, 0.25) is 0 Å². The van der Waals surface area contributed by atoms with Crippen molar-refractivity contribution in [1.29, 1.82) is 0 Å². The standard InChI is InChI=1S/C24H24FN5OS/c1-13(2)30-22(17-8-6-7-9-19(17)25)18(12-26-30)23(31)29-24-28-21(16(5)32-24)20-11-14(3)10-15(4)27-20/h6-13H,1-5H3,(H,28,29,31). The van der Waals surface area contributed by atoms with Crippen LogP contribution in [0.25, 0.3) is 22.6 Å². The summed E-state index contributed by atoms with van der Waals surface area (Å²) in [7, 11) is 0. The summed E-state index contributed by atoms with van der Waals surface area (Å²) >= 11 is 1.38. The monoisotopic (exact) mass is 449 g/mol. The van der Waals surface area contributed by atoms with Crippen LogP contribution in [0.2, 0.25) is 0 Å². The lowest BCUT2D eigenvalue weighted by Gasteiger charge is -2.13. The minimum absolute atomic E-state index is 0.0458. The minimum Gasteiger partial charge on any atom is -0.298 e. The molecule has 6 nitrogen and oxygen atoms in total. The number of thiazole rings is 1. The first-order valence-electron chi connectivity index (χ1n) is 10.3. The highest BCUT2D eigenvalue weighted by atomic mass is 32.1. The van der Waals surface area contributed by atoms with Crippen LogP contribution in [0.1, 0.15) is 46.4 Å². The van der Waals surface area contributed by atoms with E-state index in [-0.39, 0.29) is 11.9 Å². The summed E-state index contributed by atoms with van der Waals surface area (Å²) in [6.45, 7) is 9.78. The number of aromatic nitrogens is 4. The Kier molecular flexibility index (Phi) is 5.88.